The van der Waals surface area contributed by atoms with Crippen molar-refractivity contribution in [3.8, 4) is 11.6 Å². The van der Waals surface area contributed by atoms with E-state index in [2.05, 4.69) is 4.90 Å². The Morgan fingerprint density at radius 2 is 1.88 bits per heavy atom. The van der Waals surface area contributed by atoms with E-state index < -0.39 is 11.4 Å². The molecule has 5 nitrogen and oxygen atoms in total. The molecule has 1 N–H and O–H groups in total. The summed E-state index contributed by atoms with van der Waals surface area (Å²) in [6, 6.07) is 11.6. The number of carbonyl (C=O) groups is 1. The van der Waals surface area contributed by atoms with Gasteiger partial charge < -0.3 is 14.7 Å². The third-order valence-electron chi connectivity index (χ3n) is 5.33. The van der Waals surface area contributed by atoms with E-state index in [4.69, 9.17) is 9.72 Å². The van der Waals surface area contributed by atoms with E-state index in [0.717, 1.165) is 30.0 Å². The van der Waals surface area contributed by atoms with Crippen molar-refractivity contribution >= 4 is 11.8 Å². The van der Waals surface area contributed by atoms with Crippen LogP contribution in [0.2, 0.25) is 0 Å². The standard InChI is InChI=1S/C20H22N2O3/c1-20(2,19(23)24)17-13-7-3-4-8-15(13)25-18-14(17)9-10-16(21-18)22-11-5-6-12-22/h3-4,7-10,17H,5-6,11-12H2,1-2H3,(H,23,24)/t17-/m1/s1. The second-order valence-corrected chi connectivity index (χ2v) is 7.36. The summed E-state index contributed by atoms with van der Waals surface area (Å²) < 4.78 is 6.05. The first kappa shape index (κ1) is 15.9. The summed E-state index contributed by atoms with van der Waals surface area (Å²) in [6.45, 7) is 5.54. The third-order valence-corrected chi connectivity index (χ3v) is 5.33. The first-order valence-electron chi connectivity index (χ1n) is 8.74. The Kier molecular flexibility index (Phi) is 3.67. The molecule has 5 heteroatoms. The van der Waals surface area contributed by atoms with Crippen LogP contribution in [-0.2, 0) is 4.79 Å². The average Bonchev–Trinajstić information content (AvgIpc) is 3.13. The molecule has 0 radical (unpaired) electrons. The molecule has 25 heavy (non-hydrogen) atoms. The largest absolute Gasteiger partial charge is 0.481 e. The molecule has 1 fully saturated rings. The van der Waals surface area contributed by atoms with Crippen LogP contribution in [0.25, 0.3) is 0 Å². The van der Waals surface area contributed by atoms with Gasteiger partial charge in [0.1, 0.15) is 11.6 Å². The highest BCUT2D eigenvalue weighted by molar-refractivity contribution is 5.77. The van der Waals surface area contributed by atoms with Gasteiger partial charge in [-0.2, -0.15) is 4.98 Å². The number of para-hydroxylation sites is 1. The predicted molar refractivity (Wildman–Crippen MR) is 95.5 cm³/mol. The SMILES string of the molecule is CC(C)(C(=O)O)[C@@H]1c2ccccc2Oc2nc(N3CCCC3)ccc21. The lowest BCUT2D eigenvalue weighted by Gasteiger charge is -2.36. The van der Waals surface area contributed by atoms with Crippen molar-refractivity contribution in [3.63, 3.8) is 0 Å². The maximum Gasteiger partial charge on any atom is 0.310 e. The summed E-state index contributed by atoms with van der Waals surface area (Å²) in [6.07, 6.45) is 2.36. The summed E-state index contributed by atoms with van der Waals surface area (Å²) in [5.74, 6) is 0.999. The number of rotatable bonds is 3. The van der Waals surface area contributed by atoms with Crippen molar-refractivity contribution in [2.75, 3.05) is 18.0 Å². The van der Waals surface area contributed by atoms with Gasteiger partial charge in [-0.25, -0.2) is 0 Å². The van der Waals surface area contributed by atoms with Gasteiger partial charge in [-0.15, -0.1) is 0 Å². The molecular weight excluding hydrogens is 316 g/mol. The molecule has 1 aromatic carbocycles. The average molecular weight is 338 g/mol. The second kappa shape index (κ2) is 5.76. The molecule has 4 rings (SSSR count). The Labute approximate surface area is 147 Å². The van der Waals surface area contributed by atoms with E-state index >= 15 is 0 Å². The molecule has 0 aliphatic carbocycles. The van der Waals surface area contributed by atoms with E-state index in [0.29, 0.717) is 11.6 Å². The van der Waals surface area contributed by atoms with Crippen LogP contribution in [0.4, 0.5) is 5.82 Å². The van der Waals surface area contributed by atoms with Crippen molar-refractivity contribution in [1.82, 2.24) is 4.98 Å². The van der Waals surface area contributed by atoms with E-state index in [1.807, 2.05) is 36.4 Å². The van der Waals surface area contributed by atoms with E-state index in [9.17, 15) is 9.90 Å². The zero-order valence-electron chi connectivity index (χ0n) is 14.5. The fourth-order valence-corrected chi connectivity index (χ4v) is 3.85. The molecule has 1 saturated heterocycles. The van der Waals surface area contributed by atoms with Crippen molar-refractivity contribution in [2.24, 2.45) is 5.41 Å². The minimum atomic E-state index is -0.967. The van der Waals surface area contributed by atoms with Gasteiger partial charge >= 0.3 is 5.97 Å². The fraction of sp³-hybridized carbons (Fsp3) is 0.400. The Morgan fingerprint density at radius 1 is 1.16 bits per heavy atom. The van der Waals surface area contributed by atoms with E-state index in [-0.39, 0.29) is 5.92 Å². The number of nitrogens with zero attached hydrogens (tertiary/aromatic N) is 2. The fourth-order valence-electron chi connectivity index (χ4n) is 3.85. The molecule has 0 saturated carbocycles. The van der Waals surface area contributed by atoms with Gasteiger partial charge in [-0.1, -0.05) is 18.2 Å². The highest BCUT2D eigenvalue weighted by Gasteiger charge is 2.44. The molecule has 130 valence electrons. The van der Waals surface area contributed by atoms with Crippen molar-refractivity contribution in [2.45, 2.75) is 32.6 Å². The van der Waals surface area contributed by atoms with Gasteiger partial charge in [0.25, 0.3) is 0 Å². The van der Waals surface area contributed by atoms with Crippen LogP contribution >= 0.6 is 0 Å². The van der Waals surface area contributed by atoms with Gasteiger partial charge in [0, 0.05) is 30.1 Å². The van der Waals surface area contributed by atoms with Crippen LogP contribution < -0.4 is 9.64 Å². The number of ether oxygens (including phenoxy) is 1. The monoisotopic (exact) mass is 338 g/mol. The zero-order valence-corrected chi connectivity index (χ0v) is 14.5. The number of hydrogen-bond acceptors (Lipinski definition) is 4. The summed E-state index contributed by atoms with van der Waals surface area (Å²) in [5.41, 5.74) is 0.776. The molecule has 0 unspecified atom stereocenters. The topological polar surface area (TPSA) is 62.7 Å². The number of carboxylic acid groups (broad SMARTS) is 1. The first-order valence-corrected chi connectivity index (χ1v) is 8.74. The Balaban J connectivity index is 1.84. The summed E-state index contributed by atoms with van der Waals surface area (Å²) >= 11 is 0. The number of hydrogen-bond donors (Lipinski definition) is 1. The Morgan fingerprint density at radius 3 is 2.60 bits per heavy atom. The number of fused-ring (bicyclic) bond motifs is 2. The minimum Gasteiger partial charge on any atom is -0.481 e. The lowest BCUT2D eigenvalue weighted by Crippen LogP contribution is -2.34. The number of carboxylic acids is 1. The molecular formula is C20H22N2O3. The quantitative estimate of drug-likeness (QED) is 0.915. The van der Waals surface area contributed by atoms with Gasteiger partial charge in [-0.05, 0) is 44.9 Å². The van der Waals surface area contributed by atoms with Crippen molar-refractivity contribution < 1.29 is 14.6 Å². The number of pyridine rings is 1. The van der Waals surface area contributed by atoms with Crippen LogP contribution in [0.3, 0.4) is 0 Å². The molecule has 1 atom stereocenters. The Hall–Kier alpha value is -2.56. The maximum absolute atomic E-state index is 11.9. The second-order valence-electron chi connectivity index (χ2n) is 7.36. The van der Waals surface area contributed by atoms with E-state index in [1.165, 1.54) is 12.8 Å². The lowest BCUT2D eigenvalue weighted by atomic mass is 9.70. The number of anilines is 1. The van der Waals surface area contributed by atoms with Gasteiger partial charge in [0.15, 0.2) is 0 Å². The van der Waals surface area contributed by atoms with Crippen LogP contribution in [0, 0.1) is 5.41 Å². The van der Waals surface area contributed by atoms with Crippen molar-refractivity contribution in [3.05, 3.63) is 47.5 Å². The van der Waals surface area contributed by atoms with Crippen molar-refractivity contribution in [1.29, 1.82) is 0 Å². The number of aliphatic carboxylic acids is 1. The van der Waals surface area contributed by atoms with Crippen LogP contribution in [0.15, 0.2) is 36.4 Å². The lowest BCUT2D eigenvalue weighted by molar-refractivity contribution is -0.147. The summed E-state index contributed by atoms with van der Waals surface area (Å²) in [7, 11) is 0. The molecule has 2 aliphatic rings. The maximum atomic E-state index is 11.9. The normalized spacial score (nSPS) is 19.1. The van der Waals surface area contributed by atoms with Crippen LogP contribution in [0.1, 0.15) is 43.7 Å². The third kappa shape index (κ3) is 2.54. The highest BCUT2D eigenvalue weighted by atomic mass is 16.5. The number of benzene rings is 1. The summed E-state index contributed by atoms with van der Waals surface area (Å²) in [5, 5.41) is 9.80. The molecule has 2 aliphatic heterocycles. The molecule has 0 spiro atoms. The zero-order chi connectivity index (χ0) is 17.6. The van der Waals surface area contributed by atoms with Crippen LogP contribution in [0.5, 0.6) is 11.6 Å². The minimum absolute atomic E-state index is 0.301. The molecule has 1 aromatic heterocycles. The molecule has 0 amide bonds. The molecule has 2 aromatic rings. The molecule has 3 heterocycles. The summed E-state index contributed by atoms with van der Waals surface area (Å²) in [4.78, 5) is 18.9. The Bertz CT molecular complexity index is 825. The smallest absolute Gasteiger partial charge is 0.310 e. The van der Waals surface area contributed by atoms with Gasteiger partial charge in [0.05, 0.1) is 5.41 Å². The number of aromatic nitrogens is 1. The van der Waals surface area contributed by atoms with Gasteiger partial charge in [-0.3, -0.25) is 4.79 Å². The first-order chi connectivity index (χ1) is 12.0. The van der Waals surface area contributed by atoms with E-state index in [1.54, 1.807) is 13.8 Å². The van der Waals surface area contributed by atoms with Crippen LogP contribution in [-0.4, -0.2) is 29.1 Å². The predicted octanol–water partition coefficient (Wildman–Crippen LogP) is 4.03. The highest BCUT2D eigenvalue weighted by Crippen LogP contribution is 2.51. The molecule has 0 bridgehead atoms. The van der Waals surface area contributed by atoms with Gasteiger partial charge in [0.2, 0.25) is 5.88 Å².